The molecule has 0 aliphatic rings. The summed E-state index contributed by atoms with van der Waals surface area (Å²) in [6.07, 6.45) is 1.22. The molecule has 0 saturated carbocycles. The zero-order chi connectivity index (χ0) is 24.6. The number of anilines is 1. The molecule has 0 unspecified atom stereocenters. The third-order valence-corrected chi connectivity index (χ3v) is 7.38. The second-order valence-electron chi connectivity index (χ2n) is 8.46. The fourth-order valence-corrected chi connectivity index (χ4v) is 5.16. The highest BCUT2D eigenvalue weighted by Crippen LogP contribution is 2.22. The molecule has 0 aliphatic heterocycles. The Bertz CT molecular complexity index is 1590. The summed E-state index contributed by atoms with van der Waals surface area (Å²) >= 11 is 0. The third-order valence-electron chi connectivity index (χ3n) is 5.62. The van der Waals surface area contributed by atoms with E-state index in [0.717, 1.165) is 16.7 Å². The van der Waals surface area contributed by atoms with E-state index in [4.69, 9.17) is 0 Å². The average molecular weight is 476 g/mol. The minimum atomic E-state index is -4.11. The summed E-state index contributed by atoms with van der Waals surface area (Å²) in [5.74, 6) is -0.362. The van der Waals surface area contributed by atoms with E-state index in [-0.39, 0.29) is 28.4 Å². The van der Waals surface area contributed by atoms with Crippen molar-refractivity contribution in [3.05, 3.63) is 93.4 Å². The van der Waals surface area contributed by atoms with Crippen LogP contribution in [-0.4, -0.2) is 23.9 Å². The number of nitrogens with zero attached hydrogens (tertiary/aromatic N) is 2. The molecule has 4 aromatic rings. The molecule has 1 N–H and O–H groups in total. The number of nitrogens with one attached hydrogen (secondary N) is 1. The molecule has 174 valence electrons. The smallest absolute Gasteiger partial charge is 0.244 e. The van der Waals surface area contributed by atoms with Crippen LogP contribution < -0.4 is 10.7 Å². The molecule has 2 aromatic carbocycles. The zero-order valence-electron chi connectivity index (χ0n) is 19.4. The lowest BCUT2D eigenvalue weighted by atomic mass is 10.1. The normalized spacial score (nSPS) is 11.5. The lowest BCUT2D eigenvalue weighted by Crippen LogP contribution is -2.24. The molecule has 2 heterocycles. The Morgan fingerprint density at radius 2 is 1.62 bits per heavy atom. The molecule has 0 aliphatic carbocycles. The van der Waals surface area contributed by atoms with Crippen molar-refractivity contribution in [3.8, 4) is 0 Å². The molecule has 0 bridgehead atoms. The molecule has 0 radical (unpaired) electrons. The van der Waals surface area contributed by atoms with Crippen LogP contribution in [0, 0.1) is 27.7 Å². The molecule has 0 spiro atoms. The number of rotatable bonds is 5. The molecule has 1 amide bonds. The number of fused-ring (bicyclic) bond motifs is 1. The number of aryl methyl sites for hydroxylation is 4. The number of sulfone groups is 1. The van der Waals surface area contributed by atoms with Gasteiger partial charge in [-0.25, -0.2) is 13.4 Å². The first-order valence-corrected chi connectivity index (χ1v) is 12.2. The average Bonchev–Trinajstić information content (AvgIpc) is 2.77. The van der Waals surface area contributed by atoms with E-state index in [0.29, 0.717) is 11.4 Å². The second kappa shape index (κ2) is 8.87. The third kappa shape index (κ3) is 4.49. The van der Waals surface area contributed by atoms with E-state index in [1.165, 1.54) is 22.9 Å². The summed E-state index contributed by atoms with van der Waals surface area (Å²) in [4.78, 5) is 30.2. The number of benzene rings is 2. The standard InChI is InChI=1S/C26H25N3O4S/c1-16-5-9-20(10-6-16)34(32,33)23-14-29(26-21(25(23)31)11-8-19(4)27-26)15-24(30)28-22-12-7-17(2)13-18(22)3/h5-14H,15H2,1-4H3,(H,28,30). The Morgan fingerprint density at radius 3 is 2.29 bits per heavy atom. The molecular weight excluding hydrogens is 450 g/mol. The topological polar surface area (TPSA) is 98.1 Å². The lowest BCUT2D eigenvalue weighted by molar-refractivity contribution is -0.116. The van der Waals surface area contributed by atoms with Gasteiger partial charge in [-0.15, -0.1) is 0 Å². The van der Waals surface area contributed by atoms with Crippen molar-refractivity contribution in [2.45, 2.75) is 44.0 Å². The first-order chi connectivity index (χ1) is 16.1. The highest BCUT2D eigenvalue weighted by Gasteiger charge is 2.25. The van der Waals surface area contributed by atoms with Gasteiger partial charge in [0, 0.05) is 17.6 Å². The molecule has 0 atom stereocenters. The number of carbonyl (C=O) groups is 1. The predicted molar refractivity (Wildman–Crippen MR) is 132 cm³/mol. The molecule has 0 saturated heterocycles. The van der Waals surface area contributed by atoms with Crippen molar-refractivity contribution in [3.63, 3.8) is 0 Å². The van der Waals surface area contributed by atoms with E-state index < -0.39 is 20.2 Å². The summed E-state index contributed by atoms with van der Waals surface area (Å²) in [5, 5.41) is 3.00. The highest BCUT2D eigenvalue weighted by molar-refractivity contribution is 7.91. The van der Waals surface area contributed by atoms with Gasteiger partial charge in [0.2, 0.25) is 21.2 Å². The summed E-state index contributed by atoms with van der Waals surface area (Å²) in [7, 11) is -4.11. The zero-order valence-corrected chi connectivity index (χ0v) is 20.2. The van der Waals surface area contributed by atoms with Crippen LogP contribution in [0.3, 0.4) is 0 Å². The number of pyridine rings is 2. The van der Waals surface area contributed by atoms with E-state index in [1.807, 2.05) is 39.0 Å². The van der Waals surface area contributed by atoms with Crippen LogP contribution in [0.15, 0.2) is 75.4 Å². The van der Waals surface area contributed by atoms with Crippen molar-refractivity contribution in [1.82, 2.24) is 9.55 Å². The fourth-order valence-electron chi connectivity index (χ4n) is 3.79. The van der Waals surface area contributed by atoms with Gasteiger partial charge >= 0.3 is 0 Å². The maximum absolute atomic E-state index is 13.3. The maximum atomic E-state index is 13.3. The first kappa shape index (κ1) is 23.4. The Kier molecular flexibility index (Phi) is 6.10. The van der Waals surface area contributed by atoms with E-state index in [1.54, 1.807) is 31.2 Å². The van der Waals surface area contributed by atoms with Gasteiger partial charge in [-0.3, -0.25) is 9.59 Å². The van der Waals surface area contributed by atoms with Crippen LogP contribution in [0.25, 0.3) is 11.0 Å². The largest absolute Gasteiger partial charge is 0.324 e. The lowest BCUT2D eigenvalue weighted by Gasteiger charge is -2.15. The Labute approximate surface area is 198 Å². The second-order valence-corrected chi connectivity index (χ2v) is 10.4. The molecule has 34 heavy (non-hydrogen) atoms. The number of carbonyl (C=O) groups excluding carboxylic acids is 1. The number of hydrogen-bond acceptors (Lipinski definition) is 5. The molecule has 7 nitrogen and oxygen atoms in total. The quantitative estimate of drug-likeness (QED) is 0.469. The van der Waals surface area contributed by atoms with Crippen molar-refractivity contribution in [2.24, 2.45) is 0 Å². The van der Waals surface area contributed by atoms with Gasteiger partial charge in [0.25, 0.3) is 0 Å². The van der Waals surface area contributed by atoms with Gasteiger partial charge in [-0.2, -0.15) is 0 Å². The van der Waals surface area contributed by atoms with Crippen LogP contribution >= 0.6 is 0 Å². The monoisotopic (exact) mass is 475 g/mol. The van der Waals surface area contributed by atoms with Gasteiger partial charge in [0.1, 0.15) is 17.1 Å². The van der Waals surface area contributed by atoms with Crippen LogP contribution in [0.5, 0.6) is 0 Å². The Morgan fingerprint density at radius 1 is 0.941 bits per heavy atom. The van der Waals surface area contributed by atoms with Gasteiger partial charge in [0.05, 0.1) is 10.3 Å². The number of aromatic nitrogens is 2. The van der Waals surface area contributed by atoms with Gasteiger partial charge < -0.3 is 9.88 Å². The molecule has 2 aromatic heterocycles. The summed E-state index contributed by atoms with van der Waals surface area (Å²) < 4.78 is 28.1. The number of amides is 1. The molecule has 0 fully saturated rings. The Balaban J connectivity index is 1.82. The minimum absolute atomic E-state index is 0.0147. The molecular formula is C26H25N3O4S. The summed E-state index contributed by atoms with van der Waals surface area (Å²) in [6.45, 7) is 7.27. The van der Waals surface area contributed by atoms with Crippen molar-refractivity contribution in [1.29, 1.82) is 0 Å². The summed E-state index contributed by atoms with van der Waals surface area (Å²) in [5.41, 5.74) is 3.81. The first-order valence-electron chi connectivity index (χ1n) is 10.8. The van der Waals surface area contributed by atoms with E-state index in [2.05, 4.69) is 10.3 Å². The van der Waals surface area contributed by atoms with Gasteiger partial charge in [0.15, 0.2) is 0 Å². The van der Waals surface area contributed by atoms with Crippen LogP contribution in [0.4, 0.5) is 5.69 Å². The predicted octanol–water partition coefficient (Wildman–Crippen LogP) is 4.10. The SMILES string of the molecule is Cc1ccc(S(=O)(=O)c2cn(CC(=O)Nc3ccc(C)cc3C)c3nc(C)ccc3c2=O)cc1. The van der Waals surface area contributed by atoms with Gasteiger partial charge in [-0.1, -0.05) is 35.4 Å². The maximum Gasteiger partial charge on any atom is 0.244 e. The van der Waals surface area contributed by atoms with Crippen LogP contribution in [-0.2, 0) is 21.2 Å². The van der Waals surface area contributed by atoms with Crippen molar-refractivity contribution < 1.29 is 13.2 Å². The van der Waals surface area contributed by atoms with Gasteiger partial charge in [-0.05, 0) is 63.6 Å². The van der Waals surface area contributed by atoms with Crippen molar-refractivity contribution in [2.75, 3.05) is 5.32 Å². The summed E-state index contributed by atoms with van der Waals surface area (Å²) in [6, 6.07) is 15.2. The Hall–Kier alpha value is -3.78. The molecule has 8 heteroatoms. The fraction of sp³-hybridized carbons (Fsp3) is 0.192. The van der Waals surface area contributed by atoms with Crippen LogP contribution in [0.1, 0.15) is 22.4 Å². The van der Waals surface area contributed by atoms with E-state index in [9.17, 15) is 18.0 Å². The molecule has 4 rings (SSSR count). The van der Waals surface area contributed by atoms with Crippen LogP contribution in [0.2, 0.25) is 0 Å². The highest BCUT2D eigenvalue weighted by atomic mass is 32.2. The van der Waals surface area contributed by atoms with Crippen molar-refractivity contribution >= 4 is 32.5 Å². The van der Waals surface area contributed by atoms with E-state index >= 15 is 0 Å². The number of hydrogen-bond donors (Lipinski definition) is 1. The minimum Gasteiger partial charge on any atom is -0.324 e.